The number of hydrogen-bond donors (Lipinski definition) is 2. The number of likely N-dealkylation sites (tertiary alicyclic amines) is 1. The van der Waals surface area contributed by atoms with Gasteiger partial charge in [0.15, 0.2) is 0 Å². The zero-order chi connectivity index (χ0) is 20.6. The van der Waals surface area contributed by atoms with E-state index in [0.717, 1.165) is 31.0 Å². The van der Waals surface area contributed by atoms with E-state index in [9.17, 15) is 0 Å². The van der Waals surface area contributed by atoms with E-state index >= 15 is 0 Å². The zero-order valence-corrected chi connectivity index (χ0v) is 17.8. The quantitative estimate of drug-likeness (QED) is 0.489. The fraction of sp³-hybridized carbons (Fsp3) is 0.360. The van der Waals surface area contributed by atoms with Crippen LogP contribution in [0.25, 0.3) is 11.1 Å². The lowest BCUT2D eigenvalue weighted by Gasteiger charge is -2.26. The molecule has 0 spiro atoms. The van der Waals surface area contributed by atoms with Gasteiger partial charge in [0.05, 0.1) is 0 Å². The number of rotatable bonds is 8. The van der Waals surface area contributed by atoms with E-state index in [2.05, 4.69) is 74.9 Å². The van der Waals surface area contributed by atoms with Crippen molar-refractivity contribution in [2.75, 3.05) is 36.8 Å². The van der Waals surface area contributed by atoms with E-state index < -0.39 is 0 Å². The maximum atomic E-state index is 4.62. The lowest BCUT2D eigenvalue weighted by Crippen LogP contribution is -2.31. The van der Waals surface area contributed by atoms with Crippen LogP contribution in [0.2, 0.25) is 0 Å². The summed E-state index contributed by atoms with van der Waals surface area (Å²) in [4.78, 5) is 11.6. The average molecular weight is 402 g/mol. The third kappa shape index (κ3) is 5.80. The molecule has 5 heteroatoms. The Kier molecular flexibility index (Phi) is 6.93. The Labute approximate surface area is 179 Å². The second kappa shape index (κ2) is 10.2. The van der Waals surface area contributed by atoms with Gasteiger partial charge in [0.2, 0.25) is 5.95 Å². The van der Waals surface area contributed by atoms with E-state index in [1.54, 1.807) is 6.20 Å². The molecule has 156 valence electrons. The number of aromatic nitrogens is 2. The summed E-state index contributed by atoms with van der Waals surface area (Å²) < 4.78 is 0. The van der Waals surface area contributed by atoms with E-state index in [1.807, 2.05) is 12.1 Å². The summed E-state index contributed by atoms with van der Waals surface area (Å²) >= 11 is 0. The maximum Gasteiger partial charge on any atom is 0.229 e. The van der Waals surface area contributed by atoms with Gasteiger partial charge in [-0.05, 0) is 75.1 Å². The molecule has 1 aliphatic rings. The number of benzene rings is 2. The molecule has 0 bridgehead atoms. The molecule has 30 heavy (non-hydrogen) atoms. The maximum absolute atomic E-state index is 4.62. The van der Waals surface area contributed by atoms with E-state index in [0.29, 0.717) is 5.95 Å². The van der Waals surface area contributed by atoms with Gasteiger partial charge in [-0.2, -0.15) is 4.98 Å². The highest BCUT2D eigenvalue weighted by molar-refractivity contribution is 5.70. The summed E-state index contributed by atoms with van der Waals surface area (Å²) in [5.74, 6) is 1.47. The first-order chi connectivity index (χ1) is 14.8. The number of piperidine rings is 1. The van der Waals surface area contributed by atoms with Crippen LogP contribution in [0.15, 0.2) is 60.8 Å². The minimum absolute atomic E-state index is 0.609. The molecule has 1 fully saturated rings. The number of aryl methyl sites for hydroxylation is 1. The zero-order valence-electron chi connectivity index (χ0n) is 17.8. The SMILES string of the molecule is Cc1cccc(-c2cccc(Nc3nccc(NCCCN4CCCCC4)n3)c2)c1. The Morgan fingerprint density at radius 3 is 2.57 bits per heavy atom. The molecule has 0 atom stereocenters. The molecule has 0 amide bonds. The van der Waals surface area contributed by atoms with Crippen molar-refractivity contribution in [3.05, 3.63) is 66.4 Å². The van der Waals surface area contributed by atoms with E-state index in [1.165, 1.54) is 49.0 Å². The highest BCUT2D eigenvalue weighted by atomic mass is 15.1. The molecular weight excluding hydrogens is 370 g/mol. The van der Waals surface area contributed by atoms with Crippen molar-refractivity contribution in [1.29, 1.82) is 0 Å². The molecule has 5 nitrogen and oxygen atoms in total. The molecule has 2 N–H and O–H groups in total. The van der Waals surface area contributed by atoms with Gasteiger partial charge in [-0.3, -0.25) is 0 Å². The second-order valence-electron chi connectivity index (χ2n) is 8.02. The second-order valence-corrected chi connectivity index (χ2v) is 8.02. The summed E-state index contributed by atoms with van der Waals surface area (Å²) in [5.41, 5.74) is 4.63. The Morgan fingerprint density at radius 2 is 1.73 bits per heavy atom. The molecule has 3 aromatic rings. The van der Waals surface area contributed by atoms with Gasteiger partial charge in [-0.15, -0.1) is 0 Å². The minimum Gasteiger partial charge on any atom is -0.370 e. The van der Waals surface area contributed by atoms with Crippen LogP contribution in [0.4, 0.5) is 17.5 Å². The number of nitrogens with one attached hydrogen (secondary N) is 2. The first-order valence-electron chi connectivity index (χ1n) is 11.0. The summed E-state index contributed by atoms with van der Waals surface area (Å²) in [5, 5.41) is 6.78. The van der Waals surface area contributed by atoms with Crippen molar-refractivity contribution in [3.63, 3.8) is 0 Å². The highest BCUT2D eigenvalue weighted by Gasteiger charge is 2.09. The van der Waals surface area contributed by atoms with Crippen molar-refractivity contribution in [3.8, 4) is 11.1 Å². The Bertz CT molecular complexity index is 950. The number of nitrogens with zero attached hydrogens (tertiary/aromatic N) is 3. The van der Waals surface area contributed by atoms with Crippen LogP contribution < -0.4 is 10.6 Å². The van der Waals surface area contributed by atoms with Crippen molar-refractivity contribution in [2.24, 2.45) is 0 Å². The van der Waals surface area contributed by atoms with Crippen LogP contribution in [0.1, 0.15) is 31.2 Å². The molecule has 0 radical (unpaired) electrons. The molecule has 2 heterocycles. The van der Waals surface area contributed by atoms with Crippen LogP contribution in [-0.4, -0.2) is 41.0 Å². The predicted octanol–water partition coefficient (Wildman–Crippen LogP) is 5.48. The molecule has 1 saturated heterocycles. The molecule has 0 unspecified atom stereocenters. The minimum atomic E-state index is 0.609. The van der Waals surface area contributed by atoms with Crippen LogP contribution >= 0.6 is 0 Å². The topological polar surface area (TPSA) is 53.1 Å². The Hall–Kier alpha value is -2.92. The molecule has 1 aliphatic heterocycles. The third-order valence-corrected chi connectivity index (χ3v) is 5.53. The Morgan fingerprint density at radius 1 is 0.933 bits per heavy atom. The van der Waals surface area contributed by atoms with Crippen LogP contribution in [0.3, 0.4) is 0 Å². The third-order valence-electron chi connectivity index (χ3n) is 5.53. The van der Waals surface area contributed by atoms with E-state index in [4.69, 9.17) is 0 Å². The van der Waals surface area contributed by atoms with Crippen molar-refractivity contribution in [1.82, 2.24) is 14.9 Å². The molecule has 2 aromatic carbocycles. The van der Waals surface area contributed by atoms with Crippen LogP contribution in [0, 0.1) is 6.92 Å². The lowest BCUT2D eigenvalue weighted by atomic mass is 10.0. The fourth-order valence-corrected chi connectivity index (χ4v) is 3.95. The molecule has 1 aromatic heterocycles. The highest BCUT2D eigenvalue weighted by Crippen LogP contribution is 2.24. The lowest BCUT2D eigenvalue weighted by molar-refractivity contribution is 0.228. The first kappa shape index (κ1) is 20.4. The molecule has 4 rings (SSSR count). The van der Waals surface area contributed by atoms with Gasteiger partial charge in [0, 0.05) is 18.4 Å². The fourth-order valence-electron chi connectivity index (χ4n) is 3.95. The summed E-state index contributed by atoms with van der Waals surface area (Å²) in [6.45, 7) is 6.71. The monoisotopic (exact) mass is 401 g/mol. The van der Waals surface area contributed by atoms with Crippen LogP contribution in [-0.2, 0) is 0 Å². The predicted molar refractivity (Wildman–Crippen MR) is 125 cm³/mol. The van der Waals surface area contributed by atoms with Crippen LogP contribution in [0.5, 0.6) is 0 Å². The van der Waals surface area contributed by atoms with Gasteiger partial charge in [0.1, 0.15) is 5.82 Å². The summed E-state index contributed by atoms with van der Waals surface area (Å²) in [6, 6.07) is 18.8. The average Bonchev–Trinajstić information content (AvgIpc) is 2.78. The number of hydrogen-bond acceptors (Lipinski definition) is 5. The van der Waals surface area contributed by atoms with Gasteiger partial charge >= 0.3 is 0 Å². The van der Waals surface area contributed by atoms with Gasteiger partial charge in [0.25, 0.3) is 0 Å². The summed E-state index contributed by atoms with van der Waals surface area (Å²) in [7, 11) is 0. The van der Waals surface area contributed by atoms with Gasteiger partial charge in [-0.25, -0.2) is 4.98 Å². The number of anilines is 3. The van der Waals surface area contributed by atoms with E-state index in [-0.39, 0.29) is 0 Å². The van der Waals surface area contributed by atoms with Gasteiger partial charge in [-0.1, -0.05) is 48.4 Å². The normalized spacial score (nSPS) is 14.4. The van der Waals surface area contributed by atoms with Crippen molar-refractivity contribution in [2.45, 2.75) is 32.6 Å². The smallest absolute Gasteiger partial charge is 0.229 e. The van der Waals surface area contributed by atoms with Crippen molar-refractivity contribution < 1.29 is 0 Å². The van der Waals surface area contributed by atoms with Crippen molar-refractivity contribution >= 4 is 17.5 Å². The standard InChI is InChI=1S/C25H31N5/c1-20-8-5-9-21(18-20)22-10-6-11-23(19-22)28-25-27-14-12-24(29-25)26-13-7-17-30-15-3-2-4-16-30/h5-6,8-12,14,18-19H,2-4,7,13,15-17H2,1H3,(H2,26,27,28,29). The first-order valence-corrected chi connectivity index (χ1v) is 11.0. The Balaban J connectivity index is 1.33. The molecular formula is C25H31N5. The summed E-state index contributed by atoms with van der Waals surface area (Å²) in [6.07, 6.45) is 7.01. The van der Waals surface area contributed by atoms with Gasteiger partial charge < -0.3 is 15.5 Å². The largest absolute Gasteiger partial charge is 0.370 e. The molecule has 0 aliphatic carbocycles. The molecule has 0 saturated carbocycles.